The van der Waals surface area contributed by atoms with Gasteiger partial charge in [0.2, 0.25) is 11.8 Å². The van der Waals surface area contributed by atoms with Crippen LogP contribution in [0, 0.1) is 5.92 Å². The molecule has 24 heavy (non-hydrogen) atoms. The van der Waals surface area contributed by atoms with Gasteiger partial charge >= 0.3 is 0 Å². The van der Waals surface area contributed by atoms with Crippen LogP contribution in [0.1, 0.15) is 43.1 Å². The number of hydrogen-bond acceptors (Lipinski definition) is 5. The van der Waals surface area contributed by atoms with E-state index in [1.165, 1.54) is 19.3 Å². The van der Waals surface area contributed by atoms with Crippen molar-refractivity contribution < 1.29 is 9.21 Å². The number of nitrogens with zero attached hydrogens (tertiary/aromatic N) is 3. The third-order valence-electron chi connectivity index (χ3n) is 4.87. The first-order valence-electron chi connectivity index (χ1n) is 8.56. The molecule has 1 atom stereocenters. The SMILES string of the molecule is O=C1CC(c2nnc(SCC3CCC3)o2)CN1Cc1ccccc1. The van der Waals surface area contributed by atoms with Crippen LogP contribution in [0.5, 0.6) is 0 Å². The van der Waals surface area contributed by atoms with Crippen molar-refractivity contribution >= 4 is 17.7 Å². The molecule has 1 saturated carbocycles. The number of amides is 1. The van der Waals surface area contributed by atoms with Gasteiger partial charge in [0.25, 0.3) is 5.22 Å². The van der Waals surface area contributed by atoms with E-state index in [0.29, 0.717) is 30.6 Å². The summed E-state index contributed by atoms with van der Waals surface area (Å²) in [5.74, 6) is 2.65. The van der Waals surface area contributed by atoms with E-state index in [-0.39, 0.29) is 11.8 Å². The molecule has 0 N–H and O–H groups in total. The molecule has 1 saturated heterocycles. The minimum absolute atomic E-state index is 0.0202. The Hall–Kier alpha value is -1.82. The number of carbonyl (C=O) groups is 1. The minimum atomic E-state index is 0.0202. The molecule has 2 fully saturated rings. The van der Waals surface area contributed by atoms with Crippen LogP contribution in [0.2, 0.25) is 0 Å². The van der Waals surface area contributed by atoms with Crippen molar-refractivity contribution in [1.82, 2.24) is 15.1 Å². The number of thioether (sulfide) groups is 1. The van der Waals surface area contributed by atoms with Crippen LogP contribution in [0.4, 0.5) is 0 Å². The van der Waals surface area contributed by atoms with Crippen LogP contribution in [-0.2, 0) is 11.3 Å². The highest BCUT2D eigenvalue weighted by molar-refractivity contribution is 7.99. The van der Waals surface area contributed by atoms with Crippen LogP contribution in [0.3, 0.4) is 0 Å². The molecule has 1 unspecified atom stereocenters. The third-order valence-corrected chi connectivity index (χ3v) is 5.92. The number of likely N-dealkylation sites (tertiary alicyclic amines) is 1. The molecule has 5 nitrogen and oxygen atoms in total. The Labute approximate surface area is 145 Å². The molecule has 4 rings (SSSR count). The molecule has 6 heteroatoms. The first-order valence-corrected chi connectivity index (χ1v) is 9.54. The zero-order valence-electron chi connectivity index (χ0n) is 13.6. The van der Waals surface area contributed by atoms with E-state index in [9.17, 15) is 4.79 Å². The molecule has 0 radical (unpaired) electrons. The lowest BCUT2D eigenvalue weighted by Gasteiger charge is -2.23. The summed E-state index contributed by atoms with van der Waals surface area (Å²) >= 11 is 1.65. The van der Waals surface area contributed by atoms with E-state index in [2.05, 4.69) is 10.2 Å². The Kier molecular flexibility index (Phi) is 4.56. The second-order valence-corrected chi connectivity index (χ2v) is 7.65. The molecule has 2 heterocycles. The first kappa shape index (κ1) is 15.7. The van der Waals surface area contributed by atoms with E-state index < -0.39 is 0 Å². The second kappa shape index (κ2) is 6.97. The molecular weight excluding hydrogens is 322 g/mol. The number of aromatic nitrogens is 2. The molecule has 1 aliphatic heterocycles. The third kappa shape index (κ3) is 3.48. The Morgan fingerprint density at radius 3 is 2.79 bits per heavy atom. The van der Waals surface area contributed by atoms with E-state index in [0.717, 1.165) is 17.2 Å². The minimum Gasteiger partial charge on any atom is -0.416 e. The summed E-state index contributed by atoms with van der Waals surface area (Å²) in [6.07, 6.45) is 4.45. The van der Waals surface area contributed by atoms with Crippen molar-refractivity contribution in [2.45, 2.75) is 43.4 Å². The van der Waals surface area contributed by atoms with Crippen molar-refractivity contribution in [1.29, 1.82) is 0 Å². The van der Waals surface area contributed by atoms with Gasteiger partial charge < -0.3 is 9.32 Å². The maximum absolute atomic E-state index is 12.3. The van der Waals surface area contributed by atoms with E-state index in [4.69, 9.17) is 4.42 Å². The Morgan fingerprint density at radius 1 is 1.21 bits per heavy atom. The van der Waals surface area contributed by atoms with Crippen LogP contribution in [0.15, 0.2) is 40.0 Å². The molecule has 1 aromatic carbocycles. The lowest BCUT2D eigenvalue weighted by atomic mass is 9.87. The van der Waals surface area contributed by atoms with Gasteiger partial charge in [-0.3, -0.25) is 4.79 Å². The Bertz CT molecular complexity index is 699. The molecule has 126 valence electrons. The summed E-state index contributed by atoms with van der Waals surface area (Å²) in [7, 11) is 0. The predicted octanol–water partition coefficient (Wildman–Crippen LogP) is 3.48. The summed E-state index contributed by atoms with van der Waals surface area (Å²) in [5.41, 5.74) is 1.15. The van der Waals surface area contributed by atoms with Gasteiger partial charge in [-0.2, -0.15) is 0 Å². The maximum atomic E-state index is 12.3. The molecule has 0 bridgehead atoms. The predicted molar refractivity (Wildman–Crippen MR) is 91.6 cm³/mol. The number of rotatable bonds is 6. The second-order valence-electron chi connectivity index (χ2n) is 6.68. The van der Waals surface area contributed by atoms with Gasteiger partial charge in [-0.1, -0.05) is 48.5 Å². The van der Waals surface area contributed by atoms with Gasteiger partial charge in [-0.15, -0.1) is 10.2 Å². The first-order chi connectivity index (χ1) is 11.8. The average molecular weight is 343 g/mol. The fraction of sp³-hybridized carbons (Fsp3) is 0.500. The van der Waals surface area contributed by atoms with Crippen molar-refractivity contribution in [3.63, 3.8) is 0 Å². The van der Waals surface area contributed by atoms with Crippen LogP contribution in [0.25, 0.3) is 0 Å². The monoisotopic (exact) mass is 343 g/mol. The summed E-state index contributed by atoms with van der Waals surface area (Å²) in [4.78, 5) is 14.1. The van der Waals surface area contributed by atoms with E-state index in [1.54, 1.807) is 11.8 Å². The number of carbonyl (C=O) groups excluding carboxylic acids is 1. The van der Waals surface area contributed by atoms with Gasteiger partial charge in [0, 0.05) is 25.3 Å². The van der Waals surface area contributed by atoms with Gasteiger partial charge in [-0.05, 0) is 24.3 Å². The van der Waals surface area contributed by atoms with Crippen LogP contribution >= 0.6 is 11.8 Å². The standard InChI is InChI=1S/C18H21N3O2S/c22-16-9-15(11-21(16)10-13-5-2-1-3-6-13)17-19-20-18(23-17)24-12-14-7-4-8-14/h1-3,5-6,14-15H,4,7-12H2. The van der Waals surface area contributed by atoms with Crippen molar-refractivity contribution in [3.8, 4) is 0 Å². The van der Waals surface area contributed by atoms with Gasteiger partial charge in [0.1, 0.15) is 0 Å². The summed E-state index contributed by atoms with van der Waals surface area (Å²) < 4.78 is 5.80. The summed E-state index contributed by atoms with van der Waals surface area (Å²) in [5, 5.41) is 8.97. The number of hydrogen-bond donors (Lipinski definition) is 0. The largest absolute Gasteiger partial charge is 0.416 e. The van der Waals surface area contributed by atoms with Crippen LogP contribution in [-0.4, -0.2) is 33.3 Å². The molecular formula is C18H21N3O2S. The zero-order chi connectivity index (χ0) is 16.4. The average Bonchev–Trinajstić information content (AvgIpc) is 3.14. The molecule has 2 aromatic rings. The fourth-order valence-electron chi connectivity index (χ4n) is 3.19. The smallest absolute Gasteiger partial charge is 0.276 e. The number of benzene rings is 1. The maximum Gasteiger partial charge on any atom is 0.276 e. The van der Waals surface area contributed by atoms with Crippen molar-refractivity contribution in [2.24, 2.45) is 5.92 Å². The summed E-state index contributed by atoms with van der Waals surface area (Å²) in [6.45, 7) is 1.30. The lowest BCUT2D eigenvalue weighted by Crippen LogP contribution is -2.24. The summed E-state index contributed by atoms with van der Waals surface area (Å²) in [6, 6.07) is 10.1. The molecule has 1 aliphatic carbocycles. The highest BCUT2D eigenvalue weighted by Gasteiger charge is 2.34. The topological polar surface area (TPSA) is 59.2 Å². The van der Waals surface area contributed by atoms with Gasteiger partial charge in [-0.25, -0.2) is 0 Å². The molecule has 1 amide bonds. The zero-order valence-corrected chi connectivity index (χ0v) is 14.4. The Morgan fingerprint density at radius 2 is 2.04 bits per heavy atom. The van der Waals surface area contributed by atoms with Crippen LogP contribution < -0.4 is 0 Å². The van der Waals surface area contributed by atoms with Gasteiger partial charge in [0.05, 0.1) is 5.92 Å². The fourth-order valence-corrected chi connectivity index (χ4v) is 4.14. The van der Waals surface area contributed by atoms with Crippen molar-refractivity contribution in [3.05, 3.63) is 41.8 Å². The van der Waals surface area contributed by atoms with E-state index >= 15 is 0 Å². The quantitative estimate of drug-likeness (QED) is 0.752. The Balaban J connectivity index is 1.35. The normalized spacial score (nSPS) is 21.2. The molecule has 0 spiro atoms. The van der Waals surface area contributed by atoms with Gasteiger partial charge in [0.15, 0.2) is 0 Å². The van der Waals surface area contributed by atoms with E-state index in [1.807, 2.05) is 35.2 Å². The molecule has 2 aliphatic rings. The lowest BCUT2D eigenvalue weighted by molar-refractivity contribution is -0.128. The van der Waals surface area contributed by atoms with Crippen molar-refractivity contribution in [2.75, 3.05) is 12.3 Å². The highest BCUT2D eigenvalue weighted by Crippen LogP contribution is 2.34. The molecule has 1 aromatic heterocycles. The highest BCUT2D eigenvalue weighted by atomic mass is 32.2.